The van der Waals surface area contributed by atoms with E-state index >= 15 is 0 Å². The standard InChI is InChI=1S/C25H23F2N5O2/c1-16(2)34-25(33)32-13-11-31(12-14-32)24-21(15-28)29-22(17-3-7-19(26)8-4-17)23(30-24)18-5-9-20(27)10-6-18/h3-10,16H,11-14H2,1-2H3. The Hall–Kier alpha value is -4.06. The van der Waals surface area contributed by atoms with Crippen LogP contribution in [0.2, 0.25) is 0 Å². The van der Waals surface area contributed by atoms with Gasteiger partial charge in [0.05, 0.1) is 17.5 Å². The molecule has 1 saturated heterocycles. The molecule has 1 fully saturated rings. The molecule has 0 aliphatic carbocycles. The molecular formula is C25H23F2N5O2. The predicted octanol–water partition coefficient (Wildman–Crippen LogP) is 4.63. The monoisotopic (exact) mass is 463 g/mol. The Kier molecular flexibility index (Phi) is 6.68. The molecule has 0 bridgehead atoms. The van der Waals surface area contributed by atoms with Crippen LogP contribution in [-0.4, -0.2) is 53.2 Å². The second-order valence-corrected chi connectivity index (χ2v) is 8.13. The number of hydrogen-bond donors (Lipinski definition) is 0. The van der Waals surface area contributed by atoms with E-state index in [2.05, 4.69) is 11.1 Å². The van der Waals surface area contributed by atoms with Crippen molar-refractivity contribution < 1.29 is 18.3 Å². The van der Waals surface area contributed by atoms with E-state index in [1.165, 1.54) is 24.3 Å². The summed E-state index contributed by atoms with van der Waals surface area (Å²) < 4.78 is 32.3. The molecule has 0 N–H and O–H groups in total. The molecule has 9 heteroatoms. The van der Waals surface area contributed by atoms with Crippen molar-refractivity contribution in [2.45, 2.75) is 20.0 Å². The summed E-state index contributed by atoms with van der Waals surface area (Å²) in [6.07, 6.45) is -0.584. The second kappa shape index (κ2) is 9.83. The molecule has 0 unspecified atom stereocenters. The number of nitrogens with zero attached hydrogens (tertiary/aromatic N) is 5. The third-order valence-electron chi connectivity index (χ3n) is 5.39. The van der Waals surface area contributed by atoms with E-state index in [-0.39, 0.29) is 17.9 Å². The minimum absolute atomic E-state index is 0.114. The fourth-order valence-electron chi connectivity index (χ4n) is 3.72. The molecule has 0 saturated carbocycles. The zero-order valence-corrected chi connectivity index (χ0v) is 18.8. The van der Waals surface area contributed by atoms with E-state index in [9.17, 15) is 18.8 Å². The molecular weight excluding hydrogens is 440 g/mol. The molecule has 1 aliphatic rings. The van der Waals surface area contributed by atoms with Crippen LogP contribution >= 0.6 is 0 Å². The zero-order valence-electron chi connectivity index (χ0n) is 18.8. The molecule has 7 nitrogen and oxygen atoms in total. The number of carbonyl (C=O) groups is 1. The molecule has 2 heterocycles. The number of anilines is 1. The van der Waals surface area contributed by atoms with Crippen molar-refractivity contribution in [1.29, 1.82) is 5.26 Å². The number of rotatable bonds is 4. The molecule has 0 atom stereocenters. The SMILES string of the molecule is CC(C)OC(=O)N1CCN(c2nc(-c3ccc(F)cc3)c(-c3ccc(F)cc3)nc2C#N)CC1. The van der Waals surface area contributed by atoms with E-state index in [0.717, 1.165) is 0 Å². The first-order valence-electron chi connectivity index (χ1n) is 10.9. The summed E-state index contributed by atoms with van der Waals surface area (Å²) in [5.41, 5.74) is 2.15. The third-order valence-corrected chi connectivity index (χ3v) is 5.39. The van der Waals surface area contributed by atoms with Crippen LogP contribution in [0.5, 0.6) is 0 Å². The van der Waals surface area contributed by atoms with Gasteiger partial charge in [-0.1, -0.05) is 0 Å². The molecule has 174 valence electrons. The van der Waals surface area contributed by atoms with Crippen LogP contribution in [0.1, 0.15) is 19.5 Å². The van der Waals surface area contributed by atoms with Crippen molar-refractivity contribution in [2.24, 2.45) is 0 Å². The highest BCUT2D eigenvalue weighted by Gasteiger charge is 2.27. The number of aromatic nitrogens is 2. The summed E-state index contributed by atoms with van der Waals surface area (Å²) in [5.74, 6) is -0.408. The summed E-state index contributed by atoms with van der Waals surface area (Å²) in [4.78, 5) is 25.1. The van der Waals surface area contributed by atoms with Crippen LogP contribution < -0.4 is 4.90 Å². The van der Waals surface area contributed by atoms with Gasteiger partial charge in [-0.3, -0.25) is 0 Å². The Morgan fingerprint density at radius 3 is 1.88 bits per heavy atom. The summed E-state index contributed by atoms with van der Waals surface area (Å²) in [5, 5.41) is 9.83. The van der Waals surface area contributed by atoms with E-state index in [1.54, 1.807) is 43.0 Å². The van der Waals surface area contributed by atoms with E-state index in [1.807, 2.05) is 4.90 Å². The Balaban J connectivity index is 1.72. The van der Waals surface area contributed by atoms with Crippen molar-refractivity contribution in [1.82, 2.24) is 14.9 Å². The van der Waals surface area contributed by atoms with Gasteiger partial charge in [0.2, 0.25) is 0 Å². The lowest BCUT2D eigenvalue weighted by atomic mass is 10.0. The minimum Gasteiger partial charge on any atom is -0.447 e. The van der Waals surface area contributed by atoms with Gasteiger partial charge < -0.3 is 14.5 Å². The number of nitriles is 1. The van der Waals surface area contributed by atoms with Crippen molar-refractivity contribution in [3.8, 4) is 28.6 Å². The van der Waals surface area contributed by atoms with Crippen LogP contribution in [0.3, 0.4) is 0 Å². The number of hydrogen-bond acceptors (Lipinski definition) is 6. The molecule has 1 aromatic heterocycles. The zero-order chi connectivity index (χ0) is 24.2. The quantitative estimate of drug-likeness (QED) is 0.561. The van der Waals surface area contributed by atoms with Gasteiger partial charge in [0, 0.05) is 37.3 Å². The number of piperazine rings is 1. The second-order valence-electron chi connectivity index (χ2n) is 8.13. The number of halogens is 2. The van der Waals surface area contributed by atoms with Crippen LogP contribution in [-0.2, 0) is 4.74 Å². The predicted molar refractivity (Wildman–Crippen MR) is 123 cm³/mol. The first-order chi connectivity index (χ1) is 16.4. The Labute approximate surface area is 196 Å². The maximum Gasteiger partial charge on any atom is 0.410 e. The molecule has 2 aromatic carbocycles. The highest BCUT2D eigenvalue weighted by molar-refractivity contribution is 5.80. The van der Waals surface area contributed by atoms with Crippen LogP contribution in [0, 0.1) is 23.0 Å². The summed E-state index contributed by atoms with van der Waals surface area (Å²) in [6.45, 7) is 5.28. The van der Waals surface area contributed by atoms with Crippen molar-refractivity contribution >= 4 is 11.9 Å². The smallest absolute Gasteiger partial charge is 0.410 e. The number of carbonyl (C=O) groups excluding carboxylic acids is 1. The largest absolute Gasteiger partial charge is 0.447 e. The van der Waals surface area contributed by atoms with Gasteiger partial charge in [-0.05, 0) is 62.4 Å². The van der Waals surface area contributed by atoms with Gasteiger partial charge in [-0.2, -0.15) is 5.26 Å². The van der Waals surface area contributed by atoms with Gasteiger partial charge in [0.15, 0.2) is 11.5 Å². The molecule has 3 aromatic rings. The molecule has 0 radical (unpaired) electrons. The highest BCUT2D eigenvalue weighted by Crippen LogP contribution is 2.33. The number of ether oxygens (including phenoxy) is 1. The normalized spacial score (nSPS) is 13.6. The van der Waals surface area contributed by atoms with E-state index < -0.39 is 11.6 Å². The van der Waals surface area contributed by atoms with Gasteiger partial charge >= 0.3 is 6.09 Å². The lowest BCUT2D eigenvalue weighted by molar-refractivity contribution is 0.0751. The maximum atomic E-state index is 13.6. The summed E-state index contributed by atoms with van der Waals surface area (Å²) >= 11 is 0. The summed E-state index contributed by atoms with van der Waals surface area (Å²) in [7, 11) is 0. The lowest BCUT2D eigenvalue weighted by Crippen LogP contribution is -2.49. The summed E-state index contributed by atoms with van der Waals surface area (Å²) in [6, 6.07) is 13.7. The van der Waals surface area contributed by atoms with Gasteiger partial charge in [-0.25, -0.2) is 23.5 Å². The Morgan fingerprint density at radius 1 is 0.912 bits per heavy atom. The Bertz CT molecular complexity index is 1220. The van der Waals surface area contributed by atoms with Gasteiger partial charge in [0.25, 0.3) is 0 Å². The maximum absolute atomic E-state index is 13.6. The van der Waals surface area contributed by atoms with Crippen LogP contribution in [0.15, 0.2) is 48.5 Å². The van der Waals surface area contributed by atoms with E-state index in [0.29, 0.717) is 54.5 Å². The number of amides is 1. The topological polar surface area (TPSA) is 82.3 Å². The third kappa shape index (κ3) is 4.96. The number of benzene rings is 2. The van der Waals surface area contributed by atoms with Crippen LogP contribution in [0.4, 0.5) is 19.4 Å². The molecule has 0 spiro atoms. The van der Waals surface area contributed by atoms with Gasteiger partial charge in [0.1, 0.15) is 17.7 Å². The minimum atomic E-state index is -0.397. The van der Waals surface area contributed by atoms with Crippen molar-refractivity contribution in [3.63, 3.8) is 0 Å². The van der Waals surface area contributed by atoms with Gasteiger partial charge in [-0.15, -0.1) is 0 Å². The fraction of sp³-hybridized carbons (Fsp3) is 0.280. The fourth-order valence-corrected chi connectivity index (χ4v) is 3.72. The van der Waals surface area contributed by atoms with Crippen LogP contribution in [0.25, 0.3) is 22.5 Å². The molecule has 1 aliphatic heterocycles. The first kappa shape index (κ1) is 23.1. The molecule has 1 amide bonds. The molecule has 34 heavy (non-hydrogen) atoms. The van der Waals surface area contributed by atoms with Crippen molar-refractivity contribution in [3.05, 3.63) is 65.9 Å². The highest BCUT2D eigenvalue weighted by atomic mass is 19.1. The van der Waals surface area contributed by atoms with Crippen molar-refractivity contribution in [2.75, 3.05) is 31.1 Å². The average molecular weight is 463 g/mol. The lowest BCUT2D eigenvalue weighted by Gasteiger charge is -2.35. The van der Waals surface area contributed by atoms with E-state index in [4.69, 9.17) is 9.72 Å². The molecule has 4 rings (SSSR count). The Morgan fingerprint density at radius 2 is 1.41 bits per heavy atom. The average Bonchev–Trinajstić information content (AvgIpc) is 2.84. The first-order valence-corrected chi connectivity index (χ1v) is 10.9.